The molecule has 0 amide bonds. The second-order valence-corrected chi connectivity index (χ2v) is 6.56. The van der Waals surface area contributed by atoms with Gasteiger partial charge in [-0.3, -0.25) is 0 Å². The maximum absolute atomic E-state index is 5.42. The minimum Gasteiger partial charge on any atom is -0.468 e. The van der Waals surface area contributed by atoms with Gasteiger partial charge in [-0.25, -0.2) is 0 Å². The van der Waals surface area contributed by atoms with E-state index in [2.05, 4.69) is 55.6 Å². The number of furan rings is 1. The third kappa shape index (κ3) is 3.47. The molecule has 2 rings (SSSR count). The summed E-state index contributed by atoms with van der Waals surface area (Å²) in [5.74, 6) is 1.57. The van der Waals surface area contributed by atoms with Gasteiger partial charge in [0.2, 0.25) is 0 Å². The average Bonchev–Trinajstić information content (AvgIpc) is 2.85. The Kier molecular flexibility index (Phi) is 5.32. The number of nitrogens with one attached hydrogen (secondary N) is 1. The van der Waals surface area contributed by atoms with Gasteiger partial charge in [-0.1, -0.05) is 44.2 Å². The Labute approximate surface area is 126 Å². The van der Waals surface area contributed by atoms with Gasteiger partial charge in [0, 0.05) is 16.2 Å². The van der Waals surface area contributed by atoms with E-state index in [-0.39, 0.29) is 0 Å². The van der Waals surface area contributed by atoms with Crippen LogP contribution >= 0.6 is 11.8 Å². The molecule has 3 heteroatoms. The van der Waals surface area contributed by atoms with Crippen LogP contribution in [0, 0.1) is 12.8 Å². The molecule has 1 heterocycles. The minimum atomic E-state index is 0.329. The summed E-state index contributed by atoms with van der Waals surface area (Å²) in [4.78, 5) is 1.24. The second kappa shape index (κ2) is 7.00. The Balaban J connectivity index is 2.25. The minimum absolute atomic E-state index is 0.329. The first-order valence-electron chi connectivity index (χ1n) is 7.06. The molecule has 2 aromatic rings. The standard InChI is InChI=1S/C17H23NOS/c1-12(2)17(20-15-10-11-19-13(15)3)16(18-4)14-8-6-5-7-9-14/h5-12,16-18H,1-4H3. The zero-order chi connectivity index (χ0) is 14.5. The van der Waals surface area contributed by atoms with Crippen molar-refractivity contribution in [3.05, 3.63) is 54.0 Å². The lowest BCUT2D eigenvalue weighted by atomic mass is 9.96. The molecular weight excluding hydrogens is 266 g/mol. The van der Waals surface area contributed by atoms with E-state index in [1.807, 2.05) is 25.7 Å². The van der Waals surface area contributed by atoms with Gasteiger partial charge in [-0.05, 0) is 31.5 Å². The first kappa shape index (κ1) is 15.2. The summed E-state index contributed by atoms with van der Waals surface area (Å²) < 4.78 is 5.42. The van der Waals surface area contributed by atoms with Crippen molar-refractivity contribution in [3.63, 3.8) is 0 Å². The SMILES string of the molecule is CNC(c1ccccc1)C(Sc1ccoc1C)C(C)C. The van der Waals surface area contributed by atoms with E-state index in [1.54, 1.807) is 6.26 Å². The van der Waals surface area contributed by atoms with Gasteiger partial charge in [-0.15, -0.1) is 11.8 Å². The van der Waals surface area contributed by atoms with Crippen LogP contribution in [0.15, 0.2) is 52.0 Å². The number of benzene rings is 1. The average molecular weight is 289 g/mol. The molecule has 1 N–H and O–H groups in total. The monoisotopic (exact) mass is 289 g/mol. The summed E-state index contributed by atoms with van der Waals surface area (Å²) in [6.45, 7) is 6.58. The molecule has 0 bridgehead atoms. The van der Waals surface area contributed by atoms with E-state index in [9.17, 15) is 0 Å². The van der Waals surface area contributed by atoms with Crippen molar-refractivity contribution in [2.45, 2.75) is 37.0 Å². The largest absolute Gasteiger partial charge is 0.468 e. The Morgan fingerprint density at radius 1 is 1.10 bits per heavy atom. The smallest absolute Gasteiger partial charge is 0.114 e. The fourth-order valence-electron chi connectivity index (χ4n) is 2.41. The molecule has 1 aromatic heterocycles. The summed E-state index contributed by atoms with van der Waals surface area (Å²) in [7, 11) is 2.04. The number of hydrogen-bond donors (Lipinski definition) is 1. The highest BCUT2D eigenvalue weighted by molar-refractivity contribution is 8.00. The van der Waals surface area contributed by atoms with Gasteiger partial charge in [0.1, 0.15) is 5.76 Å². The second-order valence-electron chi connectivity index (χ2n) is 5.34. The van der Waals surface area contributed by atoms with Crippen molar-refractivity contribution in [1.29, 1.82) is 0 Å². The Morgan fingerprint density at radius 3 is 2.30 bits per heavy atom. The molecule has 0 aliphatic rings. The molecule has 0 saturated heterocycles. The predicted molar refractivity (Wildman–Crippen MR) is 86.2 cm³/mol. The van der Waals surface area contributed by atoms with Crippen molar-refractivity contribution < 1.29 is 4.42 Å². The van der Waals surface area contributed by atoms with Gasteiger partial charge < -0.3 is 9.73 Å². The molecule has 0 spiro atoms. The lowest BCUT2D eigenvalue weighted by molar-refractivity contribution is 0.472. The molecule has 0 fully saturated rings. The summed E-state index contributed by atoms with van der Waals surface area (Å²) in [5, 5.41) is 3.94. The lowest BCUT2D eigenvalue weighted by Gasteiger charge is -2.29. The van der Waals surface area contributed by atoms with Crippen molar-refractivity contribution in [3.8, 4) is 0 Å². The normalized spacial score (nSPS) is 14.4. The number of hydrogen-bond acceptors (Lipinski definition) is 3. The maximum atomic E-state index is 5.42. The summed E-state index contributed by atoms with van der Waals surface area (Å²) >= 11 is 1.90. The van der Waals surface area contributed by atoms with Gasteiger partial charge in [0.15, 0.2) is 0 Å². The maximum Gasteiger partial charge on any atom is 0.114 e. The predicted octanol–water partition coefficient (Wildman–Crippen LogP) is 4.67. The van der Waals surface area contributed by atoms with Crippen molar-refractivity contribution in [2.24, 2.45) is 5.92 Å². The summed E-state index contributed by atoms with van der Waals surface area (Å²) in [5.41, 5.74) is 1.34. The van der Waals surface area contributed by atoms with Crippen LogP contribution in [-0.4, -0.2) is 12.3 Å². The Hall–Kier alpha value is -1.19. The van der Waals surface area contributed by atoms with Crippen LogP contribution in [0.5, 0.6) is 0 Å². The highest BCUT2D eigenvalue weighted by Gasteiger charge is 2.26. The van der Waals surface area contributed by atoms with Crippen LogP contribution in [0.25, 0.3) is 0 Å². The van der Waals surface area contributed by atoms with E-state index < -0.39 is 0 Å². The van der Waals surface area contributed by atoms with Gasteiger partial charge >= 0.3 is 0 Å². The molecule has 2 unspecified atom stereocenters. The van der Waals surface area contributed by atoms with Crippen LogP contribution < -0.4 is 5.32 Å². The molecule has 0 aliphatic carbocycles. The van der Waals surface area contributed by atoms with Gasteiger partial charge in [-0.2, -0.15) is 0 Å². The topological polar surface area (TPSA) is 25.2 Å². The van der Waals surface area contributed by atoms with E-state index in [0.717, 1.165) is 5.76 Å². The molecule has 108 valence electrons. The van der Waals surface area contributed by atoms with Crippen LogP contribution in [0.1, 0.15) is 31.2 Å². The molecule has 0 saturated carbocycles. The Morgan fingerprint density at radius 2 is 1.80 bits per heavy atom. The molecule has 0 aliphatic heterocycles. The number of rotatable bonds is 6. The highest BCUT2D eigenvalue weighted by atomic mass is 32.2. The first-order chi connectivity index (χ1) is 9.63. The van der Waals surface area contributed by atoms with Crippen LogP contribution in [0.4, 0.5) is 0 Å². The molecule has 1 aromatic carbocycles. The molecular formula is C17H23NOS. The molecule has 2 atom stereocenters. The van der Waals surface area contributed by atoms with Crippen LogP contribution in [-0.2, 0) is 0 Å². The number of thioether (sulfide) groups is 1. The quantitative estimate of drug-likeness (QED) is 0.783. The van der Waals surface area contributed by atoms with Crippen molar-refractivity contribution in [1.82, 2.24) is 5.32 Å². The van der Waals surface area contributed by atoms with E-state index in [4.69, 9.17) is 4.42 Å². The zero-order valence-electron chi connectivity index (χ0n) is 12.6. The first-order valence-corrected chi connectivity index (χ1v) is 7.94. The third-order valence-corrected chi connectivity index (χ3v) is 5.30. The van der Waals surface area contributed by atoms with Crippen molar-refractivity contribution in [2.75, 3.05) is 7.05 Å². The number of aryl methyl sites for hydroxylation is 1. The lowest BCUT2D eigenvalue weighted by Crippen LogP contribution is -2.31. The zero-order valence-corrected chi connectivity index (χ0v) is 13.4. The Bertz CT molecular complexity index is 521. The third-order valence-electron chi connectivity index (χ3n) is 3.53. The van der Waals surface area contributed by atoms with Gasteiger partial charge in [0.05, 0.1) is 6.26 Å². The summed E-state index contributed by atoms with van der Waals surface area (Å²) in [6.07, 6.45) is 1.77. The van der Waals surface area contributed by atoms with Crippen LogP contribution in [0.2, 0.25) is 0 Å². The van der Waals surface area contributed by atoms with Crippen LogP contribution in [0.3, 0.4) is 0 Å². The molecule has 20 heavy (non-hydrogen) atoms. The highest BCUT2D eigenvalue weighted by Crippen LogP contribution is 2.38. The fourth-order valence-corrected chi connectivity index (χ4v) is 3.76. The van der Waals surface area contributed by atoms with Crippen molar-refractivity contribution >= 4 is 11.8 Å². The molecule has 0 radical (unpaired) electrons. The summed E-state index contributed by atoms with van der Waals surface area (Å²) in [6, 6.07) is 13.0. The van der Waals surface area contributed by atoms with E-state index in [0.29, 0.717) is 17.2 Å². The van der Waals surface area contributed by atoms with E-state index >= 15 is 0 Å². The van der Waals surface area contributed by atoms with E-state index in [1.165, 1.54) is 10.5 Å². The van der Waals surface area contributed by atoms with Gasteiger partial charge in [0.25, 0.3) is 0 Å². The fraction of sp³-hybridized carbons (Fsp3) is 0.412. The molecule has 2 nitrogen and oxygen atoms in total.